The lowest BCUT2D eigenvalue weighted by Gasteiger charge is -2.10. The van der Waals surface area contributed by atoms with Gasteiger partial charge in [-0.05, 0) is 31.2 Å². The van der Waals surface area contributed by atoms with Gasteiger partial charge in [-0.3, -0.25) is 14.2 Å². The van der Waals surface area contributed by atoms with E-state index < -0.39 is 0 Å². The molecule has 1 amide bonds. The zero-order valence-electron chi connectivity index (χ0n) is 13.4. The first-order valence-electron chi connectivity index (χ1n) is 7.73. The molecule has 124 valence electrons. The fourth-order valence-electron chi connectivity index (χ4n) is 2.71. The van der Waals surface area contributed by atoms with Crippen LogP contribution in [0.5, 0.6) is 0 Å². The van der Waals surface area contributed by atoms with Gasteiger partial charge in [0.25, 0.3) is 5.56 Å². The summed E-state index contributed by atoms with van der Waals surface area (Å²) in [5.74, 6) is -0.295. The van der Waals surface area contributed by atoms with E-state index in [0.29, 0.717) is 21.9 Å². The summed E-state index contributed by atoms with van der Waals surface area (Å²) in [4.78, 5) is 33.5. The molecule has 0 aliphatic rings. The first kappa shape index (κ1) is 15.5. The fourth-order valence-corrected chi connectivity index (χ4v) is 3.59. The van der Waals surface area contributed by atoms with Crippen molar-refractivity contribution in [2.24, 2.45) is 0 Å². The van der Waals surface area contributed by atoms with Gasteiger partial charge in [0, 0.05) is 0 Å². The molecule has 0 aliphatic heterocycles. The Labute approximate surface area is 146 Å². The average Bonchev–Trinajstić information content (AvgIpc) is 3.01. The maximum Gasteiger partial charge on any atom is 0.272 e. The normalized spacial score (nSPS) is 11.1. The number of hydrogen-bond acceptors (Lipinski definition) is 5. The molecule has 0 saturated carbocycles. The Hall–Kier alpha value is -3.06. The van der Waals surface area contributed by atoms with Gasteiger partial charge in [0.05, 0.1) is 21.3 Å². The molecule has 7 heteroatoms. The molecule has 2 aromatic carbocycles. The quantitative estimate of drug-likeness (QED) is 0.616. The highest BCUT2D eigenvalue weighted by molar-refractivity contribution is 7.22. The van der Waals surface area contributed by atoms with Crippen LogP contribution in [0.1, 0.15) is 5.69 Å². The first-order valence-corrected chi connectivity index (χ1v) is 8.55. The van der Waals surface area contributed by atoms with E-state index in [-0.39, 0.29) is 18.0 Å². The number of rotatable bonds is 3. The topological polar surface area (TPSA) is 76.9 Å². The van der Waals surface area contributed by atoms with Crippen LogP contribution >= 0.6 is 11.3 Å². The van der Waals surface area contributed by atoms with Crippen molar-refractivity contribution in [3.63, 3.8) is 0 Å². The van der Waals surface area contributed by atoms with E-state index in [1.54, 1.807) is 13.0 Å². The summed E-state index contributed by atoms with van der Waals surface area (Å²) in [7, 11) is 0. The molecule has 0 unspecified atom stereocenters. The summed E-state index contributed by atoms with van der Waals surface area (Å²) in [6.07, 6.45) is 0. The molecule has 0 aliphatic carbocycles. The second-order valence-corrected chi connectivity index (χ2v) is 6.64. The van der Waals surface area contributed by atoms with Crippen LogP contribution in [-0.2, 0) is 11.3 Å². The third kappa shape index (κ3) is 2.89. The molecule has 2 heterocycles. The highest BCUT2D eigenvalue weighted by atomic mass is 32.1. The number of benzene rings is 2. The van der Waals surface area contributed by atoms with E-state index in [9.17, 15) is 9.59 Å². The summed E-state index contributed by atoms with van der Waals surface area (Å²) in [6, 6.07) is 15.0. The van der Waals surface area contributed by atoms with E-state index in [1.165, 1.54) is 15.9 Å². The molecular formula is C18H14N4O2S. The Morgan fingerprint density at radius 1 is 1.08 bits per heavy atom. The number of aryl methyl sites for hydroxylation is 1. The number of fused-ring (bicyclic) bond motifs is 2. The molecule has 0 spiro atoms. The van der Waals surface area contributed by atoms with E-state index in [1.807, 2.05) is 42.5 Å². The number of carbonyl (C=O) groups is 1. The fraction of sp³-hybridized carbons (Fsp3) is 0.111. The van der Waals surface area contributed by atoms with Crippen molar-refractivity contribution in [3.8, 4) is 0 Å². The van der Waals surface area contributed by atoms with Gasteiger partial charge in [0.1, 0.15) is 12.2 Å². The zero-order chi connectivity index (χ0) is 17.4. The van der Waals surface area contributed by atoms with Crippen LogP contribution in [0.15, 0.2) is 53.3 Å². The third-order valence-electron chi connectivity index (χ3n) is 3.86. The summed E-state index contributed by atoms with van der Waals surface area (Å²) in [5.41, 5.74) is 2.26. The van der Waals surface area contributed by atoms with Crippen molar-refractivity contribution in [1.29, 1.82) is 0 Å². The van der Waals surface area contributed by atoms with E-state index in [4.69, 9.17) is 0 Å². The van der Waals surface area contributed by atoms with Crippen LogP contribution in [-0.4, -0.2) is 20.4 Å². The Kier molecular flexibility index (Phi) is 3.77. The predicted octanol–water partition coefficient (Wildman–Crippen LogP) is 2.95. The lowest BCUT2D eigenvalue weighted by Crippen LogP contribution is -2.30. The number of nitrogens with zero attached hydrogens (tertiary/aromatic N) is 3. The van der Waals surface area contributed by atoms with Gasteiger partial charge >= 0.3 is 0 Å². The van der Waals surface area contributed by atoms with Gasteiger partial charge < -0.3 is 5.32 Å². The van der Waals surface area contributed by atoms with Gasteiger partial charge in [-0.2, -0.15) is 0 Å². The molecule has 0 fully saturated rings. The number of aromatic nitrogens is 3. The monoisotopic (exact) mass is 350 g/mol. The van der Waals surface area contributed by atoms with Gasteiger partial charge in [0.2, 0.25) is 5.91 Å². The standard InChI is InChI=1S/C18H14N4O2S/c1-11-17(24)22(14-8-4-2-6-12(14)19-11)10-16(23)21-18-20-13-7-3-5-9-15(13)25-18/h2-9H,10H2,1H3,(H,20,21,23). The van der Waals surface area contributed by atoms with E-state index >= 15 is 0 Å². The number of hydrogen-bond donors (Lipinski definition) is 1. The number of amides is 1. The molecule has 0 saturated heterocycles. The van der Waals surface area contributed by atoms with Gasteiger partial charge in [0.15, 0.2) is 5.13 Å². The Morgan fingerprint density at radius 3 is 2.60 bits per heavy atom. The summed E-state index contributed by atoms with van der Waals surface area (Å²) < 4.78 is 2.44. The molecule has 25 heavy (non-hydrogen) atoms. The number of para-hydroxylation sites is 3. The van der Waals surface area contributed by atoms with Crippen molar-refractivity contribution in [3.05, 3.63) is 64.6 Å². The first-order chi connectivity index (χ1) is 12.1. The van der Waals surface area contributed by atoms with Crippen molar-refractivity contribution in [1.82, 2.24) is 14.5 Å². The van der Waals surface area contributed by atoms with Crippen LogP contribution in [0.4, 0.5) is 5.13 Å². The second kappa shape index (κ2) is 6.10. The second-order valence-electron chi connectivity index (χ2n) is 5.61. The number of nitrogens with one attached hydrogen (secondary N) is 1. The van der Waals surface area contributed by atoms with Crippen LogP contribution < -0.4 is 10.9 Å². The molecule has 6 nitrogen and oxygen atoms in total. The van der Waals surface area contributed by atoms with Crippen molar-refractivity contribution in [2.75, 3.05) is 5.32 Å². The molecule has 1 N–H and O–H groups in total. The highest BCUT2D eigenvalue weighted by Gasteiger charge is 2.13. The molecule has 0 radical (unpaired) electrons. The van der Waals surface area contributed by atoms with E-state index in [0.717, 1.165) is 10.2 Å². The molecule has 2 aromatic heterocycles. The Bertz CT molecular complexity index is 1130. The zero-order valence-corrected chi connectivity index (χ0v) is 14.2. The van der Waals surface area contributed by atoms with E-state index in [2.05, 4.69) is 15.3 Å². The average molecular weight is 350 g/mol. The van der Waals surface area contributed by atoms with Crippen LogP contribution in [0.25, 0.3) is 21.3 Å². The van der Waals surface area contributed by atoms with Crippen LogP contribution in [0.3, 0.4) is 0 Å². The maximum atomic E-state index is 12.4. The third-order valence-corrected chi connectivity index (χ3v) is 4.81. The molecule has 0 atom stereocenters. The summed E-state index contributed by atoms with van der Waals surface area (Å²) in [6.45, 7) is 1.56. The predicted molar refractivity (Wildman–Crippen MR) is 99.0 cm³/mol. The minimum atomic E-state index is -0.295. The lowest BCUT2D eigenvalue weighted by molar-refractivity contribution is -0.116. The Morgan fingerprint density at radius 2 is 1.80 bits per heavy atom. The number of carbonyl (C=O) groups excluding carboxylic acids is 1. The van der Waals surface area contributed by atoms with Crippen molar-refractivity contribution < 1.29 is 4.79 Å². The highest BCUT2D eigenvalue weighted by Crippen LogP contribution is 2.25. The minimum Gasteiger partial charge on any atom is -0.300 e. The van der Waals surface area contributed by atoms with Crippen molar-refractivity contribution in [2.45, 2.75) is 13.5 Å². The Balaban J connectivity index is 1.65. The van der Waals surface area contributed by atoms with Gasteiger partial charge in [-0.25, -0.2) is 9.97 Å². The SMILES string of the molecule is Cc1nc2ccccc2n(CC(=O)Nc2nc3ccccc3s2)c1=O. The minimum absolute atomic E-state index is 0.0847. The maximum absolute atomic E-state index is 12.4. The number of thiazole rings is 1. The molecule has 4 rings (SSSR count). The summed E-state index contributed by atoms with van der Waals surface area (Å²) in [5, 5.41) is 3.30. The van der Waals surface area contributed by atoms with Crippen LogP contribution in [0, 0.1) is 6.92 Å². The molecule has 4 aromatic rings. The summed E-state index contributed by atoms with van der Waals surface area (Å²) >= 11 is 1.40. The van der Waals surface area contributed by atoms with Crippen LogP contribution in [0.2, 0.25) is 0 Å². The van der Waals surface area contributed by atoms with Gasteiger partial charge in [-0.1, -0.05) is 35.6 Å². The molecular weight excluding hydrogens is 336 g/mol. The smallest absolute Gasteiger partial charge is 0.272 e. The number of anilines is 1. The largest absolute Gasteiger partial charge is 0.300 e. The van der Waals surface area contributed by atoms with Crippen molar-refractivity contribution >= 4 is 43.6 Å². The molecule has 0 bridgehead atoms. The van der Waals surface area contributed by atoms with Gasteiger partial charge in [-0.15, -0.1) is 0 Å². The lowest BCUT2D eigenvalue weighted by atomic mass is 10.2.